The van der Waals surface area contributed by atoms with Crippen LogP contribution in [0.25, 0.3) is 6.08 Å². The summed E-state index contributed by atoms with van der Waals surface area (Å²) in [5, 5.41) is 2.90. The molecule has 0 unspecified atom stereocenters. The number of piperidine rings is 1. The third-order valence-corrected chi connectivity index (χ3v) is 4.95. The van der Waals surface area contributed by atoms with Crippen LogP contribution >= 0.6 is 0 Å². The first-order chi connectivity index (χ1) is 14.1. The van der Waals surface area contributed by atoms with Crippen molar-refractivity contribution in [2.45, 2.75) is 12.8 Å². The van der Waals surface area contributed by atoms with Gasteiger partial charge in [-0.2, -0.15) is 0 Å². The second-order valence-corrected chi connectivity index (χ2v) is 6.77. The lowest BCUT2D eigenvalue weighted by Crippen LogP contribution is -2.40. The van der Waals surface area contributed by atoms with Crippen LogP contribution in [0.1, 0.15) is 18.4 Å². The number of ether oxygens (including phenoxy) is 2. The van der Waals surface area contributed by atoms with Gasteiger partial charge in [-0.3, -0.25) is 14.6 Å². The van der Waals surface area contributed by atoms with Crippen LogP contribution in [0.3, 0.4) is 0 Å². The molecule has 1 aromatic heterocycles. The highest BCUT2D eigenvalue weighted by Gasteiger charge is 2.26. The maximum absolute atomic E-state index is 12.5. The van der Waals surface area contributed by atoms with E-state index in [1.807, 2.05) is 12.1 Å². The number of methoxy groups -OCH3 is 2. The zero-order valence-corrected chi connectivity index (χ0v) is 16.6. The zero-order valence-electron chi connectivity index (χ0n) is 16.6. The molecular weight excluding hydrogens is 370 g/mol. The molecule has 1 fully saturated rings. The Morgan fingerprint density at radius 1 is 1.07 bits per heavy atom. The number of carbonyl (C=O) groups is 2. The highest BCUT2D eigenvalue weighted by atomic mass is 16.5. The second-order valence-electron chi connectivity index (χ2n) is 6.77. The molecule has 29 heavy (non-hydrogen) atoms. The van der Waals surface area contributed by atoms with E-state index in [-0.39, 0.29) is 17.7 Å². The van der Waals surface area contributed by atoms with Crippen molar-refractivity contribution in [3.8, 4) is 11.5 Å². The van der Waals surface area contributed by atoms with E-state index in [4.69, 9.17) is 9.47 Å². The fourth-order valence-electron chi connectivity index (χ4n) is 3.27. The fourth-order valence-corrected chi connectivity index (χ4v) is 3.27. The van der Waals surface area contributed by atoms with Gasteiger partial charge in [0.25, 0.3) is 0 Å². The van der Waals surface area contributed by atoms with E-state index in [9.17, 15) is 9.59 Å². The molecule has 0 radical (unpaired) electrons. The molecule has 1 saturated heterocycles. The van der Waals surface area contributed by atoms with E-state index in [1.165, 1.54) is 0 Å². The maximum atomic E-state index is 12.5. The summed E-state index contributed by atoms with van der Waals surface area (Å²) >= 11 is 0. The summed E-state index contributed by atoms with van der Waals surface area (Å²) in [5.41, 5.74) is 1.59. The third-order valence-electron chi connectivity index (χ3n) is 4.95. The molecule has 152 valence electrons. The summed E-state index contributed by atoms with van der Waals surface area (Å²) in [5.74, 6) is 1.09. The van der Waals surface area contributed by atoms with E-state index in [0.717, 1.165) is 11.3 Å². The van der Waals surface area contributed by atoms with Crippen LogP contribution in [-0.2, 0) is 9.59 Å². The number of nitrogens with zero attached hydrogens (tertiary/aromatic N) is 2. The molecule has 0 spiro atoms. The zero-order chi connectivity index (χ0) is 20.6. The summed E-state index contributed by atoms with van der Waals surface area (Å²) in [6.07, 6.45) is 7.88. The van der Waals surface area contributed by atoms with Gasteiger partial charge < -0.3 is 19.7 Å². The molecular formula is C22H25N3O4. The summed E-state index contributed by atoms with van der Waals surface area (Å²) < 4.78 is 10.5. The first kappa shape index (κ1) is 20.4. The number of anilines is 1. The van der Waals surface area contributed by atoms with Crippen LogP contribution in [0, 0.1) is 5.92 Å². The molecule has 0 atom stereocenters. The molecule has 1 aliphatic heterocycles. The van der Waals surface area contributed by atoms with Gasteiger partial charge in [-0.25, -0.2) is 0 Å². The van der Waals surface area contributed by atoms with Gasteiger partial charge in [-0.15, -0.1) is 0 Å². The average molecular weight is 395 g/mol. The molecule has 0 bridgehead atoms. The number of amides is 2. The van der Waals surface area contributed by atoms with Gasteiger partial charge >= 0.3 is 0 Å². The van der Waals surface area contributed by atoms with Crippen molar-refractivity contribution in [3.05, 3.63) is 54.4 Å². The normalized spacial score (nSPS) is 14.6. The van der Waals surface area contributed by atoms with Crippen LogP contribution in [0.15, 0.2) is 48.8 Å². The molecule has 0 aliphatic carbocycles. The number of hydrogen-bond acceptors (Lipinski definition) is 5. The van der Waals surface area contributed by atoms with Crippen LogP contribution in [-0.4, -0.2) is 49.0 Å². The van der Waals surface area contributed by atoms with E-state index >= 15 is 0 Å². The molecule has 0 saturated carbocycles. The Morgan fingerprint density at radius 2 is 1.76 bits per heavy atom. The van der Waals surface area contributed by atoms with Gasteiger partial charge in [-0.1, -0.05) is 6.07 Å². The van der Waals surface area contributed by atoms with Crippen LogP contribution in [0.2, 0.25) is 0 Å². The molecule has 2 heterocycles. The first-order valence-electron chi connectivity index (χ1n) is 9.50. The maximum Gasteiger partial charge on any atom is 0.246 e. The standard InChI is InChI=1S/C22H25N3O4/c1-28-19-5-3-16(15-20(19)29-2)4-6-21(26)25-13-9-17(10-14-25)22(27)24-18-7-11-23-12-8-18/h3-8,11-12,15,17H,9-10,13-14H2,1-2H3,(H,23,24,27). The van der Waals surface area contributed by atoms with E-state index in [1.54, 1.807) is 61.9 Å². The smallest absolute Gasteiger partial charge is 0.246 e. The highest BCUT2D eigenvalue weighted by Crippen LogP contribution is 2.28. The third kappa shape index (κ3) is 5.34. The summed E-state index contributed by atoms with van der Waals surface area (Å²) in [6, 6.07) is 9.00. The largest absolute Gasteiger partial charge is 0.493 e. The fraction of sp³-hybridized carbons (Fsp3) is 0.318. The van der Waals surface area contributed by atoms with Crippen molar-refractivity contribution in [2.24, 2.45) is 5.92 Å². The number of rotatable bonds is 6. The van der Waals surface area contributed by atoms with Crippen molar-refractivity contribution in [3.63, 3.8) is 0 Å². The van der Waals surface area contributed by atoms with Gasteiger partial charge in [0, 0.05) is 43.2 Å². The van der Waals surface area contributed by atoms with Gasteiger partial charge in [0.05, 0.1) is 14.2 Å². The lowest BCUT2D eigenvalue weighted by molar-refractivity contribution is -0.130. The number of hydrogen-bond donors (Lipinski definition) is 1. The van der Waals surface area contributed by atoms with Crippen molar-refractivity contribution >= 4 is 23.6 Å². The van der Waals surface area contributed by atoms with Crippen LogP contribution in [0.4, 0.5) is 5.69 Å². The minimum atomic E-state index is -0.0953. The summed E-state index contributed by atoms with van der Waals surface area (Å²) in [4.78, 5) is 30.6. The van der Waals surface area contributed by atoms with Gasteiger partial charge in [-0.05, 0) is 48.7 Å². The topological polar surface area (TPSA) is 80.8 Å². The minimum Gasteiger partial charge on any atom is -0.493 e. The molecule has 1 N–H and O–H groups in total. The molecule has 7 nitrogen and oxygen atoms in total. The number of benzene rings is 1. The lowest BCUT2D eigenvalue weighted by atomic mass is 9.95. The Morgan fingerprint density at radius 3 is 2.41 bits per heavy atom. The predicted molar refractivity (Wildman–Crippen MR) is 111 cm³/mol. The van der Waals surface area contributed by atoms with E-state index < -0.39 is 0 Å². The van der Waals surface area contributed by atoms with E-state index in [2.05, 4.69) is 10.3 Å². The first-order valence-corrected chi connectivity index (χ1v) is 9.50. The highest BCUT2D eigenvalue weighted by molar-refractivity contribution is 5.94. The van der Waals surface area contributed by atoms with Crippen molar-refractivity contribution in [1.82, 2.24) is 9.88 Å². The van der Waals surface area contributed by atoms with Gasteiger partial charge in [0.2, 0.25) is 11.8 Å². The summed E-state index contributed by atoms with van der Waals surface area (Å²) in [6.45, 7) is 1.12. The van der Waals surface area contributed by atoms with E-state index in [0.29, 0.717) is 37.4 Å². The Balaban J connectivity index is 1.52. The number of pyridine rings is 1. The quantitative estimate of drug-likeness (QED) is 0.761. The molecule has 3 rings (SSSR count). The monoisotopic (exact) mass is 395 g/mol. The average Bonchev–Trinajstić information content (AvgIpc) is 2.78. The van der Waals surface area contributed by atoms with Crippen molar-refractivity contribution in [2.75, 3.05) is 32.6 Å². The lowest BCUT2D eigenvalue weighted by Gasteiger charge is -2.30. The SMILES string of the molecule is COc1ccc(C=CC(=O)N2CCC(C(=O)Nc3ccncc3)CC2)cc1OC. The van der Waals surface area contributed by atoms with Gasteiger partial charge in [0.1, 0.15) is 0 Å². The van der Waals surface area contributed by atoms with Crippen molar-refractivity contribution in [1.29, 1.82) is 0 Å². The minimum absolute atomic E-state index is 0.0100. The molecule has 7 heteroatoms. The Kier molecular flexibility index (Phi) is 6.84. The van der Waals surface area contributed by atoms with Gasteiger partial charge in [0.15, 0.2) is 11.5 Å². The Labute approximate surface area is 170 Å². The van der Waals surface area contributed by atoms with Crippen LogP contribution < -0.4 is 14.8 Å². The number of likely N-dealkylation sites (tertiary alicyclic amines) is 1. The molecule has 1 aromatic carbocycles. The Bertz CT molecular complexity index is 875. The summed E-state index contributed by atoms with van der Waals surface area (Å²) in [7, 11) is 3.16. The number of aromatic nitrogens is 1. The molecule has 2 aromatic rings. The molecule has 1 aliphatic rings. The van der Waals surface area contributed by atoms with Crippen molar-refractivity contribution < 1.29 is 19.1 Å². The number of carbonyl (C=O) groups excluding carboxylic acids is 2. The molecule has 2 amide bonds. The second kappa shape index (κ2) is 9.73. The number of nitrogens with one attached hydrogen (secondary N) is 1. The van der Waals surface area contributed by atoms with Crippen LogP contribution in [0.5, 0.6) is 11.5 Å². The predicted octanol–water partition coefficient (Wildman–Crippen LogP) is 2.99. The Hall–Kier alpha value is -3.35.